The van der Waals surface area contributed by atoms with E-state index in [2.05, 4.69) is 5.32 Å². The molecule has 1 aliphatic rings. The average molecular weight is 346 g/mol. The molecule has 0 spiro atoms. The Bertz CT molecular complexity index is 704. The van der Waals surface area contributed by atoms with Gasteiger partial charge in [0.2, 0.25) is 5.75 Å². The van der Waals surface area contributed by atoms with Crippen molar-refractivity contribution in [3.05, 3.63) is 36.3 Å². The minimum absolute atomic E-state index is 0.0444. The number of hydrogen-bond acceptors (Lipinski definition) is 5. The zero-order valence-corrected chi connectivity index (χ0v) is 14.6. The van der Waals surface area contributed by atoms with Crippen LogP contribution in [0.3, 0.4) is 0 Å². The molecule has 1 aromatic heterocycles. The average Bonchev–Trinajstić information content (AvgIpc) is 3.31. The molecular formula is C18H22N2O5. The molecule has 1 fully saturated rings. The van der Waals surface area contributed by atoms with E-state index in [-0.39, 0.29) is 12.1 Å². The third-order valence-corrected chi connectivity index (χ3v) is 4.30. The van der Waals surface area contributed by atoms with Gasteiger partial charge >= 0.3 is 6.03 Å². The fourth-order valence-corrected chi connectivity index (χ4v) is 3.13. The summed E-state index contributed by atoms with van der Waals surface area (Å²) in [6.45, 7) is 0.682. The first-order chi connectivity index (χ1) is 12.2. The summed E-state index contributed by atoms with van der Waals surface area (Å²) in [5.41, 5.74) is 0.574. The van der Waals surface area contributed by atoms with E-state index in [9.17, 15) is 4.79 Å². The Balaban J connectivity index is 1.81. The van der Waals surface area contributed by atoms with Crippen LogP contribution in [0.15, 0.2) is 34.9 Å². The molecule has 0 radical (unpaired) electrons. The monoisotopic (exact) mass is 346 g/mol. The summed E-state index contributed by atoms with van der Waals surface area (Å²) >= 11 is 0. The first-order valence-electron chi connectivity index (χ1n) is 8.09. The highest BCUT2D eigenvalue weighted by Crippen LogP contribution is 2.40. The number of likely N-dealkylation sites (tertiary alicyclic amines) is 1. The van der Waals surface area contributed by atoms with E-state index in [1.165, 1.54) is 21.3 Å². The maximum Gasteiger partial charge on any atom is 0.322 e. The van der Waals surface area contributed by atoms with Crippen LogP contribution < -0.4 is 19.5 Å². The van der Waals surface area contributed by atoms with Crippen LogP contribution in [-0.2, 0) is 0 Å². The van der Waals surface area contributed by atoms with E-state index in [4.69, 9.17) is 18.6 Å². The van der Waals surface area contributed by atoms with Gasteiger partial charge in [0.15, 0.2) is 11.5 Å². The second-order valence-corrected chi connectivity index (χ2v) is 5.71. The van der Waals surface area contributed by atoms with Crippen molar-refractivity contribution in [1.82, 2.24) is 4.90 Å². The lowest BCUT2D eigenvalue weighted by atomic mass is 10.2. The molecule has 1 saturated heterocycles. The number of amides is 2. The number of urea groups is 1. The fourth-order valence-electron chi connectivity index (χ4n) is 3.13. The summed E-state index contributed by atoms with van der Waals surface area (Å²) < 4.78 is 21.4. The molecule has 1 atom stereocenters. The van der Waals surface area contributed by atoms with Crippen LogP contribution in [0.25, 0.3) is 0 Å². The molecule has 2 heterocycles. The van der Waals surface area contributed by atoms with Gasteiger partial charge in [0.05, 0.1) is 39.3 Å². The Morgan fingerprint density at radius 1 is 1.20 bits per heavy atom. The number of hydrogen-bond donors (Lipinski definition) is 1. The normalized spacial score (nSPS) is 16.6. The summed E-state index contributed by atoms with van der Waals surface area (Å²) in [7, 11) is 4.61. The maximum absolute atomic E-state index is 12.7. The van der Waals surface area contributed by atoms with Gasteiger partial charge in [-0.2, -0.15) is 0 Å². The van der Waals surface area contributed by atoms with Gasteiger partial charge in [-0.1, -0.05) is 0 Å². The van der Waals surface area contributed by atoms with E-state index in [1.54, 1.807) is 23.3 Å². The van der Waals surface area contributed by atoms with Gasteiger partial charge in [-0.15, -0.1) is 0 Å². The third-order valence-electron chi connectivity index (χ3n) is 4.30. The largest absolute Gasteiger partial charge is 0.493 e. The van der Waals surface area contributed by atoms with Crippen LogP contribution in [0.4, 0.5) is 10.5 Å². The summed E-state index contributed by atoms with van der Waals surface area (Å²) in [4.78, 5) is 14.5. The van der Waals surface area contributed by atoms with Crippen LogP contribution in [-0.4, -0.2) is 38.8 Å². The SMILES string of the molecule is COc1cc(NC(=O)N2CCC[C@@H]2c2ccco2)cc(OC)c1OC. The highest BCUT2D eigenvalue weighted by atomic mass is 16.5. The van der Waals surface area contributed by atoms with Crippen LogP contribution >= 0.6 is 0 Å². The van der Waals surface area contributed by atoms with Gasteiger partial charge < -0.3 is 28.8 Å². The van der Waals surface area contributed by atoms with E-state index in [0.29, 0.717) is 29.5 Å². The van der Waals surface area contributed by atoms with Crippen molar-refractivity contribution in [2.24, 2.45) is 0 Å². The van der Waals surface area contributed by atoms with Crippen molar-refractivity contribution in [2.75, 3.05) is 33.2 Å². The van der Waals surface area contributed by atoms with Crippen LogP contribution in [0, 0.1) is 0 Å². The lowest BCUT2D eigenvalue weighted by Crippen LogP contribution is -2.34. The van der Waals surface area contributed by atoms with Crippen LogP contribution in [0.5, 0.6) is 17.2 Å². The third kappa shape index (κ3) is 3.35. The zero-order valence-electron chi connectivity index (χ0n) is 14.6. The predicted octanol–water partition coefficient (Wildman–Crippen LogP) is 3.67. The lowest BCUT2D eigenvalue weighted by molar-refractivity contribution is 0.200. The minimum Gasteiger partial charge on any atom is -0.493 e. The molecular weight excluding hydrogens is 324 g/mol. The Labute approximate surface area is 146 Å². The van der Waals surface area contributed by atoms with Crippen molar-refractivity contribution in [3.8, 4) is 17.2 Å². The molecule has 0 saturated carbocycles. The highest BCUT2D eigenvalue weighted by molar-refractivity contribution is 5.90. The fraction of sp³-hybridized carbons (Fsp3) is 0.389. The number of carbonyl (C=O) groups excluding carboxylic acids is 1. The highest BCUT2D eigenvalue weighted by Gasteiger charge is 2.32. The van der Waals surface area contributed by atoms with E-state index >= 15 is 0 Å². The van der Waals surface area contributed by atoms with Gasteiger partial charge in [-0.05, 0) is 25.0 Å². The number of nitrogens with one attached hydrogen (secondary N) is 1. The molecule has 7 heteroatoms. The van der Waals surface area contributed by atoms with E-state index in [1.807, 2.05) is 12.1 Å². The predicted molar refractivity (Wildman–Crippen MR) is 92.5 cm³/mol. The van der Waals surface area contributed by atoms with Crippen molar-refractivity contribution in [3.63, 3.8) is 0 Å². The van der Waals surface area contributed by atoms with Gasteiger partial charge in [0.25, 0.3) is 0 Å². The maximum atomic E-state index is 12.7. The molecule has 1 N–H and O–H groups in total. The minimum atomic E-state index is -0.187. The smallest absolute Gasteiger partial charge is 0.322 e. The first-order valence-corrected chi connectivity index (χ1v) is 8.09. The number of carbonyl (C=O) groups is 1. The van der Waals surface area contributed by atoms with Gasteiger partial charge in [-0.25, -0.2) is 4.79 Å². The number of nitrogens with zero attached hydrogens (tertiary/aromatic N) is 1. The lowest BCUT2D eigenvalue weighted by Gasteiger charge is -2.24. The van der Waals surface area contributed by atoms with E-state index in [0.717, 1.165) is 18.6 Å². The molecule has 0 unspecified atom stereocenters. The quantitative estimate of drug-likeness (QED) is 0.894. The molecule has 1 aromatic carbocycles. The number of furan rings is 1. The molecule has 0 aliphatic carbocycles. The second kappa shape index (κ2) is 7.38. The second-order valence-electron chi connectivity index (χ2n) is 5.71. The summed E-state index contributed by atoms with van der Waals surface area (Å²) in [5, 5.41) is 2.91. The topological polar surface area (TPSA) is 73.2 Å². The van der Waals surface area contributed by atoms with Gasteiger partial charge in [0, 0.05) is 18.7 Å². The first kappa shape index (κ1) is 17.0. The molecule has 134 valence electrons. The Kier molecular flexibility index (Phi) is 5.02. The molecule has 25 heavy (non-hydrogen) atoms. The van der Waals surface area contributed by atoms with Crippen LogP contribution in [0.2, 0.25) is 0 Å². The number of benzene rings is 1. The molecule has 2 aromatic rings. The standard InChI is InChI=1S/C18H22N2O5/c1-22-15-10-12(11-16(23-2)17(15)24-3)19-18(21)20-8-4-6-13(20)14-7-5-9-25-14/h5,7,9-11,13H,4,6,8H2,1-3H3,(H,19,21)/t13-/m1/s1. The van der Waals surface area contributed by atoms with E-state index < -0.39 is 0 Å². The number of anilines is 1. The Hall–Kier alpha value is -2.83. The Morgan fingerprint density at radius 3 is 2.48 bits per heavy atom. The number of rotatable bonds is 5. The van der Waals surface area contributed by atoms with Crippen LogP contribution in [0.1, 0.15) is 24.6 Å². The summed E-state index contributed by atoms with van der Waals surface area (Å²) in [5.74, 6) is 2.26. The van der Waals surface area contributed by atoms with Crippen molar-refractivity contribution >= 4 is 11.7 Å². The number of ether oxygens (including phenoxy) is 3. The van der Waals surface area contributed by atoms with Crippen molar-refractivity contribution in [2.45, 2.75) is 18.9 Å². The molecule has 3 rings (SSSR count). The number of methoxy groups -OCH3 is 3. The van der Waals surface area contributed by atoms with Crippen molar-refractivity contribution < 1.29 is 23.4 Å². The zero-order chi connectivity index (χ0) is 17.8. The molecule has 2 amide bonds. The molecule has 0 bridgehead atoms. The summed E-state index contributed by atoms with van der Waals surface area (Å²) in [6.07, 6.45) is 3.45. The molecule has 7 nitrogen and oxygen atoms in total. The Morgan fingerprint density at radius 2 is 1.92 bits per heavy atom. The summed E-state index contributed by atoms with van der Waals surface area (Å²) in [6, 6.07) is 6.91. The van der Waals surface area contributed by atoms with Gasteiger partial charge in [-0.3, -0.25) is 0 Å². The van der Waals surface area contributed by atoms with Crippen molar-refractivity contribution in [1.29, 1.82) is 0 Å². The van der Waals surface area contributed by atoms with Gasteiger partial charge in [0.1, 0.15) is 5.76 Å². The molecule has 1 aliphatic heterocycles.